The number of carbonyl (C=O) groups is 1. The van der Waals surface area contributed by atoms with Crippen molar-refractivity contribution >= 4 is 23.1 Å². The van der Waals surface area contributed by atoms with Gasteiger partial charge in [0.15, 0.2) is 0 Å². The second-order valence-electron chi connectivity index (χ2n) is 8.42. The quantitative estimate of drug-likeness (QED) is 0.525. The Bertz CT molecular complexity index is 1210. The fourth-order valence-electron chi connectivity index (χ4n) is 4.01. The third-order valence-electron chi connectivity index (χ3n) is 5.93. The van der Waals surface area contributed by atoms with Crippen LogP contribution in [0, 0.1) is 6.92 Å². The molecule has 0 fully saturated rings. The van der Waals surface area contributed by atoms with Crippen molar-refractivity contribution in [3.05, 3.63) is 59.3 Å². The van der Waals surface area contributed by atoms with E-state index in [1.54, 1.807) is 24.2 Å². The van der Waals surface area contributed by atoms with Crippen LogP contribution in [0.2, 0.25) is 0 Å². The Labute approximate surface area is 200 Å². The molecule has 35 heavy (non-hydrogen) atoms. The average molecular weight is 490 g/mol. The van der Waals surface area contributed by atoms with Gasteiger partial charge in [-0.25, -0.2) is 4.98 Å². The second kappa shape index (κ2) is 9.53. The van der Waals surface area contributed by atoms with Gasteiger partial charge in [0.1, 0.15) is 17.6 Å². The number of ether oxygens (including phenoxy) is 1. The standard InChI is InChI=1S/C23H26F3N7O2/c1-13-20-17(32(3)21(14(2)35-4)22(34)31-20)7-19(30-13)28-9-16-10-29-33(12-16)11-15-5-6-18(27-8-15)23(24,25)26/h5-8,10,12,14,21H,9,11H2,1-4H3,(H,28,30)(H,31,34)/t14-,21+/m1/s1. The van der Waals surface area contributed by atoms with Crippen molar-refractivity contribution in [3.63, 3.8) is 0 Å². The van der Waals surface area contributed by atoms with E-state index in [-0.39, 0.29) is 12.0 Å². The van der Waals surface area contributed by atoms with Gasteiger partial charge in [0, 0.05) is 44.7 Å². The van der Waals surface area contributed by atoms with E-state index in [0.29, 0.717) is 35.9 Å². The number of pyridine rings is 2. The van der Waals surface area contributed by atoms with Crippen molar-refractivity contribution in [1.82, 2.24) is 19.7 Å². The Hall–Kier alpha value is -3.67. The summed E-state index contributed by atoms with van der Waals surface area (Å²) in [6.07, 6.45) is -0.0782. The van der Waals surface area contributed by atoms with Crippen LogP contribution in [0.3, 0.4) is 0 Å². The van der Waals surface area contributed by atoms with Crippen LogP contribution in [-0.4, -0.2) is 52.0 Å². The molecule has 1 aliphatic rings. The number of likely N-dealkylation sites (N-methyl/N-ethyl adjacent to an activating group) is 1. The number of carbonyl (C=O) groups excluding carboxylic acids is 1. The molecule has 1 amide bonds. The SMILES string of the molecule is CO[C@H](C)[C@H]1C(=O)Nc2c(cc(NCc3cnn(Cc4ccc(C(F)(F)F)nc4)c3)nc2C)N1C. The highest BCUT2D eigenvalue weighted by Crippen LogP contribution is 2.36. The molecular weight excluding hydrogens is 463 g/mol. The number of fused-ring (bicyclic) bond motifs is 1. The summed E-state index contributed by atoms with van der Waals surface area (Å²) in [4.78, 5) is 22.5. The predicted octanol–water partition coefficient (Wildman–Crippen LogP) is 3.45. The summed E-state index contributed by atoms with van der Waals surface area (Å²) in [7, 11) is 3.42. The summed E-state index contributed by atoms with van der Waals surface area (Å²) in [6.45, 7) is 4.40. The molecule has 2 atom stereocenters. The molecule has 0 bridgehead atoms. The van der Waals surface area contributed by atoms with Crippen LogP contribution in [0.25, 0.3) is 0 Å². The van der Waals surface area contributed by atoms with Crippen molar-refractivity contribution in [1.29, 1.82) is 0 Å². The molecule has 9 nitrogen and oxygen atoms in total. The maximum atomic E-state index is 12.7. The van der Waals surface area contributed by atoms with Gasteiger partial charge in [-0.1, -0.05) is 6.07 Å². The lowest BCUT2D eigenvalue weighted by atomic mass is 10.0. The Kier molecular flexibility index (Phi) is 6.66. The molecule has 0 aliphatic carbocycles. The molecule has 2 N–H and O–H groups in total. The van der Waals surface area contributed by atoms with Crippen molar-refractivity contribution in [2.45, 2.75) is 45.3 Å². The van der Waals surface area contributed by atoms with E-state index in [2.05, 4.69) is 25.7 Å². The van der Waals surface area contributed by atoms with E-state index in [9.17, 15) is 18.0 Å². The van der Waals surface area contributed by atoms with Crippen LogP contribution >= 0.6 is 0 Å². The van der Waals surface area contributed by atoms with Gasteiger partial charge in [-0.15, -0.1) is 0 Å². The van der Waals surface area contributed by atoms with Gasteiger partial charge in [0.25, 0.3) is 0 Å². The van der Waals surface area contributed by atoms with Gasteiger partial charge in [0.2, 0.25) is 5.91 Å². The first-order valence-corrected chi connectivity index (χ1v) is 10.9. The van der Waals surface area contributed by atoms with E-state index in [4.69, 9.17) is 4.74 Å². The molecular formula is C23H26F3N7O2. The molecule has 12 heteroatoms. The van der Waals surface area contributed by atoms with Crippen LogP contribution in [0.1, 0.15) is 29.4 Å². The molecule has 0 spiro atoms. The van der Waals surface area contributed by atoms with Crippen molar-refractivity contribution < 1.29 is 22.7 Å². The normalized spacial score (nSPS) is 16.6. The molecule has 0 aromatic carbocycles. The number of aryl methyl sites for hydroxylation is 1. The fraction of sp³-hybridized carbons (Fsp3) is 0.391. The molecule has 0 unspecified atom stereocenters. The topological polar surface area (TPSA) is 97.2 Å². The first kappa shape index (κ1) is 24.5. The zero-order valence-electron chi connectivity index (χ0n) is 19.7. The number of anilines is 3. The Morgan fingerprint density at radius 3 is 2.69 bits per heavy atom. The lowest BCUT2D eigenvalue weighted by molar-refractivity contribution is -0.141. The van der Waals surface area contributed by atoms with Crippen molar-refractivity contribution in [2.75, 3.05) is 29.7 Å². The summed E-state index contributed by atoms with van der Waals surface area (Å²) >= 11 is 0. The minimum Gasteiger partial charge on any atom is -0.379 e. The van der Waals surface area contributed by atoms with E-state index < -0.39 is 17.9 Å². The van der Waals surface area contributed by atoms with Crippen LogP contribution in [0.4, 0.5) is 30.4 Å². The number of hydrogen-bond donors (Lipinski definition) is 2. The number of rotatable bonds is 7. The number of methoxy groups -OCH3 is 1. The highest BCUT2D eigenvalue weighted by atomic mass is 19.4. The minimum absolute atomic E-state index is 0.143. The first-order valence-electron chi connectivity index (χ1n) is 10.9. The number of nitrogens with zero attached hydrogens (tertiary/aromatic N) is 5. The monoisotopic (exact) mass is 489 g/mol. The van der Waals surface area contributed by atoms with Gasteiger partial charge in [-0.3, -0.25) is 14.5 Å². The first-order chi connectivity index (χ1) is 16.6. The Balaban J connectivity index is 1.43. The zero-order valence-corrected chi connectivity index (χ0v) is 19.7. The van der Waals surface area contributed by atoms with Gasteiger partial charge in [-0.2, -0.15) is 18.3 Å². The van der Waals surface area contributed by atoms with Gasteiger partial charge in [0.05, 0.1) is 35.9 Å². The largest absolute Gasteiger partial charge is 0.433 e. The Morgan fingerprint density at radius 2 is 2.03 bits per heavy atom. The number of hydrogen-bond acceptors (Lipinski definition) is 7. The maximum Gasteiger partial charge on any atom is 0.433 e. The molecule has 4 heterocycles. The smallest absolute Gasteiger partial charge is 0.379 e. The molecule has 0 saturated carbocycles. The second-order valence-corrected chi connectivity index (χ2v) is 8.42. The molecule has 186 valence electrons. The molecule has 0 saturated heterocycles. The van der Waals surface area contributed by atoms with Crippen LogP contribution < -0.4 is 15.5 Å². The van der Waals surface area contributed by atoms with E-state index in [0.717, 1.165) is 17.3 Å². The third-order valence-corrected chi connectivity index (χ3v) is 5.93. The predicted molar refractivity (Wildman–Crippen MR) is 124 cm³/mol. The van der Waals surface area contributed by atoms with Crippen LogP contribution in [0.5, 0.6) is 0 Å². The maximum absolute atomic E-state index is 12.7. The highest BCUT2D eigenvalue weighted by Gasteiger charge is 2.36. The van der Waals surface area contributed by atoms with Gasteiger partial charge in [-0.05, 0) is 25.5 Å². The third kappa shape index (κ3) is 5.21. The molecule has 0 radical (unpaired) electrons. The average Bonchev–Trinajstić information content (AvgIpc) is 3.25. The van der Waals surface area contributed by atoms with Crippen LogP contribution in [0.15, 0.2) is 36.8 Å². The lowest BCUT2D eigenvalue weighted by Gasteiger charge is -2.38. The molecule has 3 aromatic heterocycles. The number of alkyl halides is 3. The summed E-state index contributed by atoms with van der Waals surface area (Å²) in [5.74, 6) is 0.489. The summed E-state index contributed by atoms with van der Waals surface area (Å²) in [6, 6.07) is 3.75. The zero-order chi connectivity index (χ0) is 25.3. The van der Waals surface area contributed by atoms with E-state index >= 15 is 0 Å². The summed E-state index contributed by atoms with van der Waals surface area (Å²) in [5.41, 5.74) is 2.73. The van der Waals surface area contributed by atoms with Crippen molar-refractivity contribution in [2.24, 2.45) is 0 Å². The number of halogens is 3. The number of nitrogens with one attached hydrogen (secondary N) is 2. The van der Waals surface area contributed by atoms with E-state index in [1.807, 2.05) is 31.9 Å². The van der Waals surface area contributed by atoms with Gasteiger partial charge < -0.3 is 20.3 Å². The Morgan fingerprint density at radius 1 is 1.26 bits per heavy atom. The number of amides is 1. The molecule has 3 aromatic rings. The van der Waals surface area contributed by atoms with E-state index in [1.165, 1.54) is 12.3 Å². The fourth-order valence-corrected chi connectivity index (χ4v) is 4.01. The van der Waals surface area contributed by atoms with Gasteiger partial charge >= 0.3 is 6.18 Å². The molecule has 1 aliphatic heterocycles. The number of aromatic nitrogens is 4. The lowest BCUT2D eigenvalue weighted by Crippen LogP contribution is -2.52. The minimum atomic E-state index is -4.46. The van der Waals surface area contributed by atoms with Crippen LogP contribution in [-0.2, 0) is 28.8 Å². The highest BCUT2D eigenvalue weighted by molar-refractivity contribution is 6.04. The summed E-state index contributed by atoms with van der Waals surface area (Å²) in [5, 5.41) is 10.5. The summed E-state index contributed by atoms with van der Waals surface area (Å²) < 4.78 is 45.1. The van der Waals surface area contributed by atoms with Crippen molar-refractivity contribution in [3.8, 4) is 0 Å². The molecule has 4 rings (SSSR count).